The topological polar surface area (TPSA) is 60.8 Å². The fourth-order valence-electron chi connectivity index (χ4n) is 2.45. The minimum atomic E-state index is -2.21. The third-order valence-corrected chi connectivity index (χ3v) is 3.79. The van der Waals surface area contributed by atoms with Gasteiger partial charge in [0.2, 0.25) is 0 Å². The van der Waals surface area contributed by atoms with Gasteiger partial charge in [0.05, 0.1) is 34.0 Å². The summed E-state index contributed by atoms with van der Waals surface area (Å²) in [4.78, 5) is 16.4. The van der Waals surface area contributed by atoms with Crippen molar-refractivity contribution in [2.24, 2.45) is 0 Å². The average Bonchev–Trinajstić information content (AvgIpc) is 2.62. The molecule has 26 heavy (non-hydrogen) atoms. The maximum absolute atomic E-state index is 14.0. The third-order valence-electron chi connectivity index (χ3n) is 3.60. The minimum Gasteiger partial charge on any atom is -0.424 e. The monoisotopic (exact) mass is 382 g/mol. The van der Waals surface area contributed by atoms with Crippen LogP contribution >= 0.6 is 11.6 Å². The van der Waals surface area contributed by atoms with E-state index in [2.05, 4.69) is 19.9 Å². The second kappa shape index (κ2) is 7.82. The number of rotatable bonds is 6. The van der Waals surface area contributed by atoms with Crippen molar-refractivity contribution in [3.8, 4) is 11.8 Å². The normalized spacial score (nSPS) is 13.6. The summed E-state index contributed by atoms with van der Waals surface area (Å²) in [7, 11) is 0. The Hall–Kier alpha value is -2.48. The van der Waals surface area contributed by atoms with Crippen LogP contribution in [-0.2, 0) is 6.42 Å². The molecule has 0 fully saturated rings. The van der Waals surface area contributed by atoms with E-state index in [4.69, 9.17) is 16.3 Å². The van der Waals surface area contributed by atoms with E-state index in [1.54, 1.807) is 25.1 Å². The second-order valence-electron chi connectivity index (χ2n) is 5.54. The number of hydrogen-bond donors (Lipinski definition) is 0. The molecule has 2 unspecified atom stereocenters. The molecule has 5 nitrogen and oxygen atoms in total. The summed E-state index contributed by atoms with van der Waals surface area (Å²) in [5, 5.41) is 0.737. The fraction of sp³-hybridized carbons (Fsp3) is 0.294. The first kappa shape index (κ1) is 18.3. The van der Waals surface area contributed by atoms with Crippen molar-refractivity contribution in [1.29, 1.82) is 0 Å². The molecular formula is C17H14ClF3N4O. The molecule has 3 rings (SSSR count). The summed E-state index contributed by atoms with van der Waals surface area (Å²) < 4.78 is 45.4. The number of aryl methyl sites for hydroxylation is 1. The summed E-state index contributed by atoms with van der Waals surface area (Å²) in [5.41, 5.74) is 0.711. The molecule has 0 bridgehead atoms. The SMILES string of the molecule is Cc1nc(CC(F)C(F)CF)c2c(Oc3ncc(Cl)cn3)cccc2n1. The van der Waals surface area contributed by atoms with Gasteiger partial charge in [-0.1, -0.05) is 17.7 Å². The Labute approximate surface area is 152 Å². The lowest BCUT2D eigenvalue weighted by atomic mass is 10.1. The zero-order valence-corrected chi connectivity index (χ0v) is 14.4. The summed E-state index contributed by atoms with van der Waals surface area (Å²) in [6.07, 6.45) is -1.93. The van der Waals surface area contributed by atoms with Gasteiger partial charge in [-0.2, -0.15) is 0 Å². The van der Waals surface area contributed by atoms with Crippen LogP contribution in [0.2, 0.25) is 5.02 Å². The molecular weight excluding hydrogens is 369 g/mol. The first-order valence-electron chi connectivity index (χ1n) is 7.73. The molecule has 2 atom stereocenters. The molecule has 0 spiro atoms. The van der Waals surface area contributed by atoms with Gasteiger partial charge in [-0.05, 0) is 19.1 Å². The minimum absolute atomic E-state index is 0.0253. The van der Waals surface area contributed by atoms with Crippen LogP contribution in [0.25, 0.3) is 10.9 Å². The van der Waals surface area contributed by atoms with Crippen molar-refractivity contribution in [3.05, 3.63) is 47.1 Å². The van der Waals surface area contributed by atoms with Crippen LogP contribution in [0.3, 0.4) is 0 Å². The van der Waals surface area contributed by atoms with Crippen LogP contribution in [0.5, 0.6) is 11.8 Å². The first-order valence-corrected chi connectivity index (χ1v) is 8.11. The number of benzene rings is 1. The molecule has 3 aromatic rings. The smallest absolute Gasteiger partial charge is 0.321 e. The zero-order chi connectivity index (χ0) is 18.7. The van der Waals surface area contributed by atoms with Crippen LogP contribution in [0.15, 0.2) is 30.6 Å². The lowest BCUT2D eigenvalue weighted by Crippen LogP contribution is -2.22. The predicted octanol–water partition coefficient (Wildman–Crippen LogP) is 4.36. The Morgan fingerprint density at radius 2 is 1.85 bits per heavy atom. The van der Waals surface area contributed by atoms with Crippen molar-refractivity contribution in [2.75, 3.05) is 6.67 Å². The van der Waals surface area contributed by atoms with E-state index >= 15 is 0 Å². The molecule has 0 saturated heterocycles. The van der Waals surface area contributed by atoms with E-state index in [1.807, 2.05) is 0 Å². The van der Waals surface area contributed by atoms with Crippen molar-refractivity contribution in [1.82, 2.24) is 19.9 Å². The van der Waals surface area contributed by atoms with Gasteiger partial charge in [0.15, 0.2) is 6.17 Å². The molecule has 2 heterocycles. The summed E-state index contributed by atoms with van der Waals surface area (Å²) in [5.74, 6) is 0.665. The van der Waals surface area contributed by atoms with Gasteiger partial charge < -0.3 is 4.74 Å². The van der Waals surface area contributed by atoms with Crippen molar-refractivity contribution in [2.45, 2.75) is 25.7 Å². The van der Waals surface area contributed by atoms with Crippen molar-refractivity contribution >= 4 is 22.5 Å². The van der Waals surface area contributed by atoms with Crippen molar-refractivity contribution < 1.29 is 17.9 Å². The maximum Gasteiger partial charge on any atom is 0.321 e. The lowest BCUT2D eigenvalue weighted by molar-refractivity contribution is 0.136. The van der Waals surface area contributed by atoms with E-state index in [1.165, 1.54) is 12.4 Å². The zero-order valence-electron chi connectivity index (χ0n) is 13.7. The Bertz CT molecular complexity index is 910. The van der Waals surface area contributed by atoms with Gasteiger partial charge >= 0.3 is 6.01 Å². The van der Waals surface area contributed by atoms with E-state index in [9.17, 15) is 13.2 Å². The number of halogens is 4. The van der Waals surface area contributed by atoms with Crippen LogP contribution in [0.4, 0.5) is 13.2 Å². The highest BCUT2D eigenvalue weighted by atomic mass is 35.5. The van der Waals surface area contributed by atoms with Gasteiger partial charge in [-0.3, -0.25) is 0 Å². The lowest BCUT2D eigenvalue weighted by Gasteiger charge is -2.14. The molecule has 0 aliphatic rings. The molecule has 0 aliphatic heterocycles. The highest BCUT2D eigenvalue weighted by Crippen LogP contribution is 2.31. The molecule has 0 aliphatic carbocycles. The molecule has 0 amide bonds. The summed E-state index contributed by atoms with van der Waals surface area (Å²) in [6.45, 7) is 0.235. The number of hydrogen-bond acceptors (Lipinski definition) is 5. The average molecular weight is 383 g/mol. The van der Waals surface area contributed by atoms with Crippen molar-refractivity contribution in [3.63, 3.8) is 0 Å². The number of aromatic nitrogens is 4. The highest BCUT2D eigenvalue weighted by Gasteiger charge is 2.24. The Balaban J connectivity index is 2.04. The van der Waals surface area contributed by atoms with Gasteiger partial charge in [-0.25, -0.2) is 33.1 Å². The number of nitrogens with zero attached hydrogens (tertiary/aromatic N) is 4. The van der Waals surface area contributed by atoms with E-state index in [-0.39, 0.29) is 17.5 Å². The van der Waals surface area contributed by atoms with Gasteiger partial charge in [0.1, 0.15) is 24.4 Å². The quantitative estimate of drug-likeness (QED) is 0.633. The molecule has 136 valence electrons. The van der Waals surface area contributed by atoms with Gasteiger partial charge in [0, 0.05) is 6.42 Å². The number of alkyl halides is 3. The first-order chi connectivity index (χ1) is 12.5. The van der Waals surface area contributed by atoms with Gasteiger partial charge in [0.25, 0.3) is 0 Å². The molecule has 9 heteroatoms. The third kappa shape index (κ3) is 4.01. The highest BCUT2D eigenvalue weighted by molar-refractivity contribution is 6.30. The predicted molar refractivity (Wildman–Crippen MR) is 90.9 cm³/mol. The Kier molecular flexibility index (Phi) is 5.51. The van der Waals surface area contributed by atoms with Crippen LogP contribution in [0.1, 0.15) is 11.5 Å². The number of fused-ring (bicyclic) bond motifs is 1. The van der Waals surface area contributed by atoms with Crippen LogP contribution in [-0.4, -0.2) is 39.0 Å². The number of ether oxygens (including phenoxy) is 1. The molecule has 0 saturated carbocycles. The standard InChI is InChI=1S/C17H14ClF3N4O/c1-9-24-13-3-2-4-15(26-17-22-7-10(18)8-23-17)16(13)14(25-9)5-11(20)12(21)6-19/h2-4,7-8,11-12H,5-6H2,1H3. The Morgan fingerprint density at radius 1 is 1.12 bits per heavy atom. The van der Waals surface area contributed by atoms with E-state index < -0.39 is 25.4 Å². The molecule has 2 aromatic heterocycles. The summed E-state index contributed by atoms with van der Waals surface area (Å²) >= 11 is 5.74. The maximum atomic E-state index is 14.0. The van der Waals surface area contributed by atoms with E-state index in [0.29, 0.717) is 21.7 Å². The fourth-order valence-corrected chi connectivity index (χ4v) is 2.54. The largest absolute Gasteiger partial charge is 0.424 e. The van der Waals surface area contributed by atoms with Gasteiger partial charge in [-0.15, -0.1) is 0 Å². The molecule has 0 radical (unpaired) electrons. The molecule has 1 aromatic carbocycles. The van der Waals surface area contributed by atoms with Crippen LogP contribution in [0, 0.1) is 6.92 Å². The summed E-state index contributed by atoms with van der Waals surface area (Å²) in [6, 6.07) is 5.02. The molecule has 0 N–H and O–H groups in total. The second-order valence-corrected chi connectivity index (χ2v) is 5.98. The van der Waals surface area contributed by atoms with E-state index in [0.717, 1.165) is 0 Å². The van der Waals surface area contributed by atoms with Crippen LogP contribution < -0.4 is 4.74 Å². The Morgan fingerprint density at radius 3 is 2.54 bits per heavy atom.